The predicted molar refractivity (Wildman–Crippen MR) is 130 cm³/mol. The Kier molecular flexibility index (Phi) is 7.69. The first-order chi connectivity index (χ1) is 16.2. The molecular weight excluding hydrogens is 460 g/mol. The number of methoxy groups -OCH3 is 2. The molecule has 3 rings (SSSR count). The third kappa shape index (κ3) is 6.01. The zero-order chi connectivity index (χ0) is 24.7. The van der Waals surface area contributed by atoms with E-state index in [0.717, 1.165) is 17.4 Å². The standard InChI is InChI=1S/C23H24N4O6S/c1-16(14-17-8-10-18(32-2)11-9-17)24-25-20-13-12-19(15-22(20)27(28)29)34(30,31)26-21-6-4-5-7-23(21)33-3/h4-13,15,25-26H,14H2,1-3H3/b24-16-. The molecule has 178 valence electrons. The quantitative estimate of drug-likeness (QED) is 0.247. The number of hydrogen-bond donors (Lipinski definition) is 2. The van der Waals surface area contributed by atoms with Crippen molar-refractivity contribution >= 4 is 32.8 Å². The topological polar surface area (TPSA) is 132 Å². The molecule has 0 saturated carbocycles. The summed E-state index contributed by atoms with van der Waals surface area (Å²) in [6.45, 7) is 1.78. The molecule has 0 aliphatic rings. The maximum absolute atomic E-state index is 12.8. The Morgan fingerprint density at radius 2 is 1.71 bits per heavy atom. The van der Waals surface area contributed by atoms with Gasteiger partial charge in [-0.15, -0.1) is 0 Å². The van der Waals surface area contributed by atoms with Crippen molar-refractivity contribution in [2.45, 2.75) is 18.2 Å². The lowest BCUT2D eigenvalue weighted by molar-refractivity contribution is -0.384. The number of nitrogens with zero attached hydrogens (tertiary/aromatic N) is 2. The van der Waals surface area contributed by atoms with Crippen LogP contribution in [0.3, 0.4) is 0 Å². The molecule has 11 heteroatoms. The molecule has 34 heavy (non-hydrogen) atoms. The molecular formula is C23H24N4O6S. The molecule has 0 fully saturated rings. The predicted octanol–water partition coefficient (Wildman–Crippen LogP) is 4.44. The fraction of sp³-hybridized carbons (Fsp3) is 0.174. The highest BCUT2D eigenvalue weighted by Gasteiger charge is 2.22. The Balaban J connectivity index is 1.80. The van der Waals surface area contributed by atoms with E-state index in [1.165, 1.54) is 25.3 Å². The van der Waals surface area contributed by atoms with Crippen LogP contribution in [0.15, 0.2) is 76.7 Å². The highest BCUT2D eigenvalue weighted by Crippen LogP contribution is 2.30. The van der Waals surface area contributed by atoms with E-state index in [1.807, 2.05) is 24.3 Å². The number of benzene rings is 3. The van der Waals surface area contributed by atoms with Crippen LogP contribution in [0.1, 0.15) is 12.5 Å². The number of hydrogen-bond acceptors (Lipinski definition) is 8. The van der Waals surface area contributed by atoms with Crippen molar-refractivity contribution in [1.29, 1.82) is 0 Å². The molecule has 0 aliphatic heterocycles. The number of nitro benzene ring substituents is 1. The minimum Gasteiger partial charge on any atom is -0.497 e. The van der Waals surface area contributed by atoms with Crippen LogP contribution in [0, 0.1) is 10.1 Å². The van der Waals surface area contributed by atoms with Crippen molar-refractivity contribution in [1.82, 2.24) is 0 Å². The summed E-state index contributed by atoms with van der Waals surface area (Å²) in [5.41, 5.74) is 4.19. The van der Waals surface area contributed by atoms with Crippen LogP contribution >= 0.6 is 0 Å². The van der Waals surface area contributed by atoms with Crippen molar-refractivity contribution in [2.24, 2.45) is 5.10 Å². The van der Waals surface area contributed by atoms with E-state index in [1.54, 1.807) is 32.2 Å². The third-order valence-electron chi connectivity index (χ3n) is 4.81. The largest absolute Gasteiger partial charge is 0.497 e. The summed E-state index contributed by atoms with van der Waals surface area (Å²) in [6.07, 6.45) is 0.514. The van der Waals surface area contributed by atoms with Crippen LogP contribution in [0.25, 0.3) is 0 Å². The molecule has 3 aromatic rings. The summed E-state index contributed by atoms with van der Waals surface area (Å²) < 4.78 is 38.3. The number of para-hydroxylation sites is 2. The van der Waals surface area contributed by atoms with E-state index in [2.05, 4.69) is 15.2 Å². The average Bonchev–Trinajstić information content (AvgIpc) is 2.83. The minimum absolute atomic E-state index is 0.0651. The normalized spacial score (nSPS) is 11.6. The van der Waals surface area contributed by atoms with E-state index in [4.69, 9.17) is 9.47 Å². The third-order valence-corrected chi connectivity index (χ3v) is 6.18. The molecule has 0 unspecified atom stereocenters. The van der Waals surface area contributed by atoms with Crippen LogP contribution in [-0.4, -0.2) is 33.3 Å². The van der Waals surface area contributed by atoms with E-state index in [-0.39, 0.29) is 16.3 Å². The van der Waals surface area contributed by atoms with E-state index in [9.17, 15) is 18.5 Å². The lowest BCUT2D eigenvalue weighted by Crippen LogP contribution is -2.14. The zero-order valence-electron chi connectivity index (χ0n) is 18.8. The van der Waals surface area contributed by atoms with E-state index >= 15 is 0 Å². The Morgan fingerprint density at radius 3 is 2.35 bits per heavy atom. The number of nitrogens with one attached hydrogen (secondary N) is 2. The molecule has 3 aromatic carbocycles. The highest BCUT2D eigenvalue weighted by atomic mass is 32.2. The fourth-order valence-electron chi connectivity index (χ4n) is 3.09. The minimum atomic E-state index is -4.10. The van der Waals surface area contributed by atoms with Gasteiger partial charge in [0.15, 0.2) is 0 Å². The SMILES string of the molecule is COc1ccc(C/C(C)=N\Nc2ccc(S(=O)(=O)Nc3ccccc3OC)cc2[N+](=O)[O-])cc1. The fourth-order valence-corrected chi connectivity index (χ4v) is 4.18. The molecule has 0 amide bonds. The summed E-state index contributed by atoms with van der Waals surface area (Å²) in [6, 6.07) is 17.5. The molecule has 0 spiro atoms. The Hall–Kier alpha value is -4.12. The molecule has 0 atom stereocenters. The number of anilines is 2. The molecule has 0 aliphatic carbocycles. The second-order valence-electron chi connectivity index (χ2n) is 7.23. The van der Waals surface area contributed by atoms with Crippen LogP contribution in [0.5, 0.6) is 11.5 Å². The van der Waals surface area contributed by atoms with Gasteiger partial charge in [0.25, 0.3) is 15.7 Å². The van der Waals surface area contributed by atoms with E-state index in [0.29, 0.717) is 17.9 Å². The van der Waals surface area contributed by atoms with Gasteiger partial charge in [-0.3, -0.25) is 20.3 Å². The number of nitro groups is 1. The maximum Gasteiger partial charge on any atom is 0.295 e. The van der Waals surface area contributed by atoms with Crippen LogP contribution < -0.4 is 19.6 Å². The molecule has 10 nitrogen and oxygen atoms in total. The lowest BCUT2D eigenvalue weighted by atomic mass is 10.1. The van der Waals surface area contributed by atoms with Gasteiger partial charge in [0, 0.05) is 18.2 Å². The molecule has 0 radical (unpaired) electrons. The van der Waals surface area contributed by atoms with Crippen LogP contribution in [-0.2, 0) is 16.4 Å². The van der Waals surface area contributed by atoms with Crippen molar-refractivity contribution in [3.63, 3.8) is 0 Å². The summed E-state index contributed by atoms with van der Waals surface area (Å²) in [7, 11) is -1.11. The monoisotopic (exact) mass is 484 g/mol. The zero-order valence-corrected chi connectivity index (χ0v) is 19.6. The summed E-state index contributed by atoms with van der Waals surface area (Å²) in [5.74, 6) is 1.06. The van der Waals surface area contributed by atoms with Crippen molar-refractivity contribution < 1.29 is 22.8 Å². The van der Waals surface area contributed by atoms with Crippen molar-refractivity contribution in [3.8, 4) is 11.5 Å². The van der Waals surface area contributed by atoms with Gasteiger partial charge in [0.1, 0.15) is 17.2 Å². The summed E-state index contributed by atoms with van der Waals surface area (Å²) in [5, 5.41) is 15.8. The van der Waals surface area contributed by atoms with E-state index < -0.39 is 20.6 Å². The van der Waals surface area contributed by atoms with Gasteiger partial charge < -0.3 is 9.47 Å². The Labute approximate surface area is 197 Å². The number of sulfonamides is 1. The maximum atomic E-state index is 12.8. The first-order valence-electron chi connectivity index (χ1n) is 10.1. The molecule has 0 bridgehead atoms. The van der Waals surface area contributed by atoms with Crippen molar-refractivity contribution in [2.75, 3.05) is 24.4 Å². The summed E-state index contributed by atoms with van der Waals surface area (Å²) >= 11 is 0. The second kappa shape index (κ2) is 10.7. The van der Waals surface area contributed by atoms with Gasteiger partial charge in [0.2, 0.25) is 0 Å². The van der Waals surface area contributed by atoms with Gasteiger partial charge in [-0.05, 0) is 48.9 Å². The van der Waals surface area contributed by atoms with Crippen LogP contribution in [0.4, 0.5) is 17.1 Å². The number of hydrazone groups is 1. The van der Waals surface area contributed by atoms with Gasteiger partial charge >= 0.3 is 0 Å². The van der Waals surface area contributed by atoms with Gasteiger partial charge in [0.05, 0.1) is 29.7 Å². The average molecular weight is 485 g/mol. The Bertz CT molecular complexity index is 1310. The number of rotatable bonds is 10. The highest BCUT2D eigenvalue weighted by molar-refractivity contribution is 7.92. The van der Waals surface area contributed by atoms with Gasteiger partial charge in [-0.2, -0.15) is 5.10 Å². The molecule has 2 N–H and O–H groups in total. The van der Waals surface area contributed by atoms with Crippen molar-refractivity contribution in [3.05, 3.63) is 82.4 Å². The van der Waals surface area contributed by atoms with Crippen LogP contribution in [0.2, 0.25) is 0 Å². The smallest absolute Gasteiger partial charge is 0.295 e. The second-order valence-corrected chi connectivity index (χ2v) is 8.91. The number of ether oxygens (including phenoxy) is 2. The first kappa shape index (κ1) is 24.5. The molecule has 0 saturated heterocycles. The van der Waals surface area contributed by atoms with Gasteiger partial charge in [-0.1, -0.05) is 24.3 Å². The lowest BCUT2D eigenvalue weighted by Gasteiger charge is -2.12. The molecule has 0 heterocycles. The van der Waals surface area contributed by atoms with Gasteiger partial charge in [-0.25, -0.2) is 8.42 Å². The Morgan fingerprint density at radius 1 is 1.00 bits per heavy atom. The first-order valence-corrected chi connectivity index (χ1v) is 11.6. The molecule has 0 aromatic heterocycles. The summed E-state index contributed by atoms with van der Waals surface area (Å²) in [4.78, 5) is 10.7.